The number of hydrogen-bond acceptors (Lipinski definition) is 5. The van der Waals surface area contributed by atoms with Crippen LogP contribution in [0.15, 0.2) is 40.5 Å². The van der Waals surface area contributed by atoms with Gasteiger partial charge in [-0.25, -0.2) is 0 Å². The van der Waals surface area contributed by atoms with E-state index in [1.807, 2.05) is 12.1 Å². The molecule has 0 saturated heterocycles. The number of amides is 1. The Hall–Kier alpha value is -2.80. The van der Waals surface area contributed by atoms with Gasteiger partial charge in [0.25, 0.3) is 11.5 Å². The third kappa shape index (κ3) is 2.91. The summed E-state index contributed by atoms with van der Waals surface area (Å²) >= 11 is 1.26. The van der Waals surface area contributed by atoms with E-state index in [0.29, 0.717) is 10.2 Å². The second-order valence-electron chi connectivity index (χ2n) is 4.87. The Bertz CT molecular complexity index is 912. The zero-order valence-corrected chi connectivity index (χ0v) is 13.1. The van der Waals surface area contributed by atoms with E-state index in [-0.39, 0.29) is 17.9 Å². The number of carbonyl (C=O) groups excluding carboxylic acids is 1. The lowest BCUT2D eigenvalue weighted by Crippen LogP contribution is -2.29. The minimum Gasteiger partial charge on any atom is -0.505 e. The molecule has 0 aliphatic rings. The summed E-state index contributed by atoms with van der Waals surface area (Å²) in [6.07, 6.45) is 0. The fourth-order valence-corrected chi connectivity index (χ4v) is 3.02. The van der Waals surface area contributed by atoms with Gasteiger partial charge < -0.3 is 20.1 Å². The molecule has 0 unspecified atom stereocenters. The maximum atomic E-state index is 12.2. The van der Waals surface area contributed by atoms with Crippen molar-refractivity contribution in [2.75, 3.05) is 7.11 Å². The standard InChI is InChI=1S/C16H14N2O4S/c1-22-10-4-2-9(3-5-10)8-17-15(20)12-13(19)14-11(6-7-23-14)18-16(12)21/h2-7H,8H2,1H3,(H,17,20)(H2,18,19,21). The number of carbonyl (C=O) groups is 1. The third-order valence-electron chi connectivity index (χ3n) is 3.43. The van der Waals surface area contributed by atoms with E-state index in [0.717, 1.165) is 11.3 Å². The van der Waals surface area contributed by atoms with Gasteiger partial charge in [-0.05, 0) is 29.1 Å². The lowest BCUT2D eigenvalue weighted by Gasteiger charge is -2.07. The number of aromatic hydroxyl groups is 1. The molecular weight excluding hydrogens is 316 g/mol. The molecule has 2 aromatic heterocycles. The number of benzene rings is 1. The Balaban J connectivity index is 1.81. The van der Waals surface area contributed by atoms with Crippen LogP contribution >= 0.6 is 11.3 Å². The van der Waals surface area contributed by atoms with Crippen molar-refractivity contribution in [2.24, 2.45) is 0 Å². The van der Waals surface area contributed by atoms with Crippen molar-refractivity contribution in [1.82, 2.24) is 10.3 Å². The third-order valence-corrected chi connectivity index (χ3v) is 4.35. The van der Waals surface area contributed by atoms with Gasteiger partial charge in [0.05, 0.1) is 17.3 Å². The van der Waals surface area contributed by atoms with Gasteiger partial charge in [0.15, 0.2) is 5.75 Å². The van der Waals surface area contributed by atoms with Crippen molar-refractivity contribution in [3.05, 3.63) is 57.2 Å². The average Bonchev–Trinajstić information content (AvgIpc) is 3.02. The van der Waals surface area contributed by atoms with Crippen LogP contribution in [0.25, 0.3) is 10.2 Å². The van der Waals surface area contributed by atoms with Gasteiger partial charge in [0, 0.05) is 6.54 Å². The molecule has 6 nitrogen and oxygen atoms in total. The molecule has 0 aliphatic carbocycles. The molecule has 0 aliphatic heterocycles. The Morgan fingerprint density at radius 3 is 2.74 bits per heavy atom. The molecule has 1 amide bonds. The van der Waals surface area contributed by atoms with Crippen molar-refractivity contribution in [1.29, 1.82) is 0 Å². The first-order chi connectivity index (χ1) is 11.1. The molecule has 0 atom stereocenters. The Morgan fingerprint density at radius 2 is 2.04 bits per heavy atom. The fourth-order valence-electron chi connectivity index (χ4n) is 2.22. The molecule has 2 heterocycles. The molecule has 3 aromatic rings. The second-order valence-corrected chi connectivity index (χ2v) is 5.79. The van der Waals surface area contributed by atoms with Gasteiger partial charge in [-0.15, -0.1) is 11.3 Å². The number of thiophene rings is 1. The molecule has 3 rings (SSSR count). The van der Waals surface area contributed by atoms with Crippen molar-refractivity contribution in [2.45, 2.75) is 6.54 Å². The van der Waals surface area contributed by atoms with Crippen LogP contribution < -0.4 is 15.6 Å². The minimum absolute atomic E-state index is 0.240. The van der Waals surface area contributed by atoms with Crippen molar-refractivity contribution in [3.63, 3.8) is 0 Å². The first-order valence-corrected chi connectivity index (χ1v) is 7.71. The van der Waals surface area contributed by atoms with Gasteiger partial charge in [-0.2, -0.15) is 0 Å². The summed E-state index contributed by atoms with van der Waals surface area (Å²) in [7, 11) is 1.58. The number of H-pyrrole nitrogens is 1. The van der Waals surface area contributed by atoms with Crippen LogP contribution in [0.1, 0.15) is 15.9 Å². The topological polar surface area (TPSA) is 91.4 Å². The van der Waals surface area contributed by atoms with Crippen LogP contribution in [0, 0.1) is 0 Å². The summed E-state index contributed by atoms with van der Waals surface area (Å²) in [6, 6.07) is 8.87. The number of pyridine rings is 1. The van der Waals surface area contributed by atoms with E-state index in [4.69, 9.17) is 4.74 Å². The summed E-state index contributed by atoms with van der Waals surface area (Å²) in [5.41, 5.74) is 0.491. The lowest BCUT2D eigenvalue weighted by molar-refractivity contribution is 0.0947. The van der Waals surface area contributed by atoms with Crippen LogP contribution in [0.5, 0.6) is 11.5 Å². The van der Waals surface area contributed by atoms with Crippen molar-refractivity contribution < 1.29 is 14.6 Å². The Morgan fingerprint density at radius 1 is 1.30 bits per heavy atom. The molecule has 0 fully saturated rings. The number of aromatic nitrogens is 1. The highest BCUT2D eigenvalue weighted by atomic mass is 32.1. The average molecular weight is 330 g/mol. The summed E-state index contributed by atoms with van der Waals surface area (Å²) in [6.45, 7) is 0.240. The fraction of sp³-hybridized carbons (Fsp3) is 0.125. The Labute approximate surface area is 135 Å². The second kappa shape index (κ2) is 6.13. The number of methoxy groups -OCH3 is 1. The van der Waals surface area contributed by atoms with Crippen LogP contribution in [-0.4, -0.2) is 23.1 Å². The maximum absolute atomic E-state index is 12.2. The van der Waals surface area contributed by atoms with Crippen LogP contribution in [0.4, 0.5) is 0 Å². The molecule has 7 heteroatoms. The van der Waals surface area contributed by atoms with E-state index < -0.39 is 11.5 Å². The molecular formula is C16H14N2O4S. The van der Waals surface area contributed by atoms with Gasteiger partial charge in [0.2, 0.25) is 0 Å². The van der Waals surface area contributed by atoms with E-state index in [9.17, 15) is 14.7 Å². The highest BCUT2D eigenvalue weighted by Crippen LogP contribution is 2.29. The van der Waals surface area contributed by atoms with Crippen LogP contribution in [0.2, 0.25) is 0 Å². The van der Waals surface area contributed by atoms with E-state index >= 15 is 0 Å². The molecule has 23 heavy (non-hydrogen) atoms. The zero-order chi connectivity index (χ0) is 16.4. The minimum atomic E-state index is -0.616. The van der Waals surface area contributed by atoms with Crippen molar-refractivity contribution in [3.8, 4) is 11.5 Å². The molecule has 0 radical (unpaired) electrons. The summed E-state index contributed by atoms with van der Waals surface area (Å²) in [5.74, 6) is -0.182. The maximum Gasteiger partial charge on any atom is 0.265 e. The first kappa shape index (κ1) is 15.1. The molecule has 1 aromatic carbocycles. The molecule has 3 N–H and O–H groups in total. The monoisotopic (exact) mass is 330 g/mol. The smallest absolute Gasteiger partial charge is 0.265 e. The number of rotatable bonds is 4. The largest absolute Gasteiger partial charge is 0.505 e. The molecule has 0 spiro atoms. The number of ether oxygens (including phenoxy) is 1. The summed E-state index contributed by atoms with van der Waals surface area (Å²) in [5, 5.41) is 14.5. The highest BCUT2D eigenvalue weighted by molar-refractivity contribution is 7.17. The summed E-state index contributed by atoms with van der Waals surface area (Å²) in [4.78, 5) is 26.8. The van der Waals surface area contributed by atoms with E-state index in [1.54, 1.807) is 30.7 Å². The first-order valence-electron chi connectivity index (χ1n) is 6.83. The molecule has 118 valence electrons. The normalized spacial score (nSPS) is 10.7. The van der Waals surface area contributed by atoms with Gasteiger partial charge in [-0.3, -0.25) is 9.59 Å². The van der Waals surface area contributed by atoms with E-state index in [2.05, 4.69) is 10.3 Å². The predicted molar refractivity (Wildman–Crippen MR) is 88.3 cm³/mol. The van der Waals surface area contributed by atoms with Gasteiger partial charge >= 0.3 is 0 Å². The van der Waals surface area contributed by atoms with E-state index in [1.165, 1.54) is 11.3 Å². The Kier molecular flexibility index (Phi) is 4.03. The van der Waals surface area contributed by atoms with Crippen molar-refractivity contribution >= 4 is 27.5 Å². The SMILES string of the molecule is COc1ccc(CNC(=O)c2c(O)c3sccc3[nH]c2=O)cc1. The number of aromatic amines is 1. The van der Waals surface area contributed by atoms with Gasteiger partial charge in [-0.1, -0.05) is 12.1 Å². The predicted octanol–water partition coefficient (Wildman–Crippen LogP) is 2.23. The van der Waals surface area contributed by atoms with Crippen LogP contribution in [0.3, 0.4) is 0 Å². The lowest BCUT2D eigenvalue weighted by atomic mass is 10.2. The van der Waals surface area contributed by atoms with Gasteiger partial charge in [0.1, 0.15) is 11.3 Å². The highest BCUT2D eigenvalue weighted by Gasteiger charge is 2.19. The number of fused-ring (bicyclic) bond motifs is 1. The number of nitrogens with one attached hydrogen (secondary N) is 2. The quantitative estimate of drug-likeness (QED) is 0.684. The molecule has 0 bridgehead atoms. The number of hydrogen-bond donors (Lipinski definition) is 3. The summed E-state index contributed by atoms with van der Waals surface area (Å²) < 4.78 is 5.55. The molecule has 0 saturated carbocycles. The zero-order valence-electron chi connectivity index (χ0n) is 12.3. The van der Waals surface area contributed by atoms with Crippen LogP contribution in [-0.2, 0) is 6.54 Å².